The first-order chi connectivity index (χ1) is 13.2. The van der Waals surface area contributed by atoms with Crippen molar-refractivity contribution in [3.05, 3.63) is 56.1 Å². The van der Waals surface area contributed by atoms with Crippen molar-refractivity contribution in [3.63, 3.8) is 0 Å². The Morgan fingerprint density at radius 1 is 1.21 bits per heavy atom. The van der Waals surface area contributed by atoms with E-state index in [1.54, 1.807) is 28.7 Å². The predicted molar refractivity (Wildman–Crippen MR) is 120 cm³/mol. The van der Waals surface area contributed by atoms with Gasteiger partial charge in [0.2, 0.25) is 0 Å². The molecule has 28 heavy (non-hydrogen) atoms. The normalized spacial score (nSPS) is 12.4. The highest BCUT2D eigenvalue weighted by atomic mass is 127. The van der Waals surface area contributed by atoms with Crippen molar-refractivity contribution in [1.29, 1.82) is 5.26 Å². The zero-order valence-corrected chi connectivity index (χ0v) is 19.0. The Morgan fingerprint density at radius 3 is 2.54 bits per heavy atom. The molecule has 2 rings (SSSR count). The molecule has 0 aliphatic carbocycles. The predicted octanol–water partition coefficient (Wildman–Crippen LogP) is 2.52. The molecule has 2 aromatic carbocycles. The topological polar surface area (TPSA) is 134 Å². The molecule has 0 saturated heterocycles. The Morgan fingerprint density at radius 2 is 1.93 bits per heavy atom. The molecule has 2 aromatic rings. The number of nitrogens with zero attached hydrogens (tertiary/aromatic N) is 1. The lowest BCUT2D eigenvalue weighted by Gasteiger charge is -2.22. The fourth-order valence-corrected chi connectivity index (χ4v) is 3.43. The summed E-state index contributed by atoms with van der Waals surface area (Å²) in [6.45, 7) is 0. The number of anilines is 1. The number of halogens is 3. The summed E-state index contributed by atoms with van der Waals surface area (Å²) in [5.74, 6) is -1.43. The number of carbonyl (C=O) groups excluding carboxylic acids is 2. The monoisotopic (exact) mass is 626 g/mol. The Labute approximate surface area is 192 Å². The zero-order chi connectivity index (χ0) is 20.8. The molecule has 2 amide bonds. The number of aromatic hydroxyl groups is 1. The van der Waals surface area contributed by atoms with Gasteiger partial charge in [-0.25, -0.2) is 0 Å². The van der Waals surface area contributed by atoms with Crippen LogP contribution in [0.15, 0.2) is 36.4 Å². The number of aliphatic hydroxyl groups excluding tert-OH is 1. The quantitative estimate of drug-likeness (QED) is 0.197. The second kappa shape index (κ2) is 10.1. The van der Waals surface area contributed by atoms with Crippen molar-refractivity contribution >= 4 is 74.3 Å². The van der Waals surface area contributed by atoms with E-state index in [0.29, 0.717) is 9.26 Å². The van der Waals surface area contributed by atoms with Gasteiger partial charge >= 0.3 is 0 Å². The molecule has 0 aliphatic rings. The lowest BCUT2D eigenvalue weighted by Crippen LogP contribution is -2.51. The summed E-state index contributed by atoms with van der Waals surface area (Å²) in [5.41, 5.74) is 5.31. The van der Waals surface area contributed by atoms with Crippen LogP contribution >= 0.6 is 56.8 Å². The van der Waals surface area contributed by atoms with E-state index in [-0.39, 0.29) is 21.9 Å². The van der Waals surface area contributed by atoms with Crippen LogP contribution in [-0.4, -0.2) is 32.2 Å². The van der Waals surface area contributed by atoms with E-state index in [1.165, 1.54) is 30.3 Å². The highest BCUT2D eigenvalue weighted by Gasteiger charge is 2.26. The maximum absolute atomic E-state index is 12.4. The molecular weight excluding hydrogens is 613 g/mol. The van der Waals surface area contributed by atoms with Crippen molar-refractivity contribution in [1.82, 2.24) is 10.9 Å². The van der Waals surface area contributed by atoms with Gasteiger partial charge in [-0.15, -0.1) is 0 Å². The number of phenolic OH excluding ortho intramolecular Hbond substituents is 1. The van der Waals surface area contributed by atoms with E-state index in [2.05, 4.69) is 16.2 Å². The summed E-state index contributed by atoms with van der Waals surface area (Å²) in [7, 11) is 0. The minimum atomic E-state index is -1.14. The Balaban J connectivity index is 2.09. The van der Waals surface area contributed by atoms with E-state index in [4.69, 9.17) is 16.9 Å². The van der Waals surface area contributed by atoms with Gasteiger partial charge in [-0.1, -0.05) is 17.7 Å². The third-order valence-electron chi connectivity index (χ3n) is 3.48. The molecule has 0 aromatic heterocycles. The Bertz CT molecular complexity index is 949. The van der Waals surface area contributed by atoms with Gasteiger partial charge in [0.05, 0.1) is 14.2 Å². The summed E-state index contributed by atoms with van der Waals surface area (Å²) in [6.07, 6.45) is 0. The average molecular weight is 627 g/mol. The molecule has 11 heteroatoms. The van der Waals surface area contributed by atoms with Crippen LogP contribution in [0.25, 0.3) is 0 Å². The van der Waals surface area contributed by atoms with Gasteiger partial charge in [-0.3, -0.25) is 20.4 Å². The molecule has 5 N–H and O–H groups in total. The van der Waals surface area contributed by atoms with Gasteiger partial charge in [0.1, 0.15) is 22.0 Å². The largest absolute Gasteiger partial charge is 0.508 e. The van der Waals surface area contributed by atoms with E-state index in [9.17, 15) is 19.8 Å². The zero-order valence-electron chi connectivity index (χ0n) is 13.9. The molecule has 0 spiro atoms. The van der Waals surface area contributed by atoms with Crippen LogP contribution in [0, 0.1) is 14.9 Å². The van der Waals surface area contributed by atoms with Gasteiger partial charge in [0.25, 0.3) is 11.8 Å². The van der Waals surface area contributed by atoms with Crippen LogP contribution in [0.2, 0.25) is 5.02 Å². The Hall–Kier alpha value is -1.82. The lowest BCUT2D eigenvalue weighted by atomic mass is 10.2. The molecule has 0 heterocycles. The number of nitrogens with one attached hydrogen (secondary N) is 3. The minimum absolute atomic E-state index is 0.0894. The van der Waals surface area contributed by atoms with Crippen molar-refractivity contribution in [2.75, 3.05) is 5.32 Å². The highest BCUT2D eigenvalue weighted by Crippen LogP contribution is 2.30. The SMILES string of the molecule is N#Cc1ccc(N[C@@H](C(=O)NNC(=O)c2cccc(O)c2)[C@H](O)I)c(I)c1Cl. The first-order valence-electron chi connectivity index (χ1n) is 7.60. The number of rotatable bonds is 5. The van der Waals surface area contributed by atoms with Gasteiger partial charge in [0, 0.05) is 11.3 Å². The fourth-order valence-electron chi connectivity index (χ4n) is 2.09. The number of nitriles is 1. The standard InChI is InChI=1S/C17H13ClI2N4O4/c18-12-9(7-21)4-5-11(13(12)19)22-14(15(20)26)17(28)24-23-16(27)8-2-1-3-10(25)6-8/h1-6,14-15,22,25-26H,(H,23,27)(H,24,28)/t14-,15+/m1/s1. The van der Waals surface area contributed by atoms with E-state index >= 15 is 0 Å². The third kappa shape index (κ3) is 5.60. The van der Waals surface area contributed by atoms with Crippen LogP contribution < -0.4 is 16.2 Å². The fraction of sp³-hybridized carbons (Fsp3) is 0.118. The second-order valence-electron chi connectivity index (χ2n) is 5.39. The number of hydrazine groups is 1. The van der Waals surface area contributed by atoms with Crippen molar-refractivity contribution in [2.24, 2.45) is 0 Å². The van der Waals surface area contributed by atoms with E-state index in [1.807, 2.05) is 28.7 Å². The highest BCUT2D eigenvalue weighted by molar-refractivity contribution is 14.1. The van der Waals surface area contributed by atoms with Gasteiger partial charge in [0.15, 0.2) is 0 Å². The van der Waals surface area contributed by atoms with Gasteiger partial charge in [-0.2, -0.15) is 5.26 Å². The van der Waals surface area contributed by atoms with Crippen LogP contribution in [0.1, 0.15) is 15.9 Å². The Kier molecular flexibility index (Phi) is 8.10. The summed E-state index contributed by atoms with van der Waals surface area (Å²) in [5, 5.41) is 31.4. The number of carbonyl (C=O) groups is 2. The molecular formula is C17H13ClI2N4O4. The van der Waals surface area contributed by atoms with Crippen molar-refractivity contribution < 1.29 is 19.8 Å². The number of amides is 2. The van der Waals surface area contributed by atoms with E-state index < -0.39 is 22.0 Å². The molecule has 2 atom stereocenters. The third-order valence-corrected chi connectivity index (χ3v) is 6.03. The lowest BCUT2D eigenvalue weighted by molar-refractivity contribution is -0.123. The van der Waals surface area contributed by atoms with Crippen LogP contribution in [-0.2, 0) is 4.79 Å². The van der Waals surface area contributed by atoms with Crippen LogP contribution in [0.5, 0.6) is 5.75 Å². The number of aliphatic hydroxyl groups is 1. The van der Waals surface area contributed by atoms with Crippen molar-refractivity contribution in [2.45, 2.75) is 10.2 Å². The smallest absolute Gasteiger partial charge is 0.269 e. The van der Waals surface area contributed by atoms with Crippen LogP contribution in [0.3, 0.4) is 0 Å². The number of phenols is 1. The summed E-state index contributed by atoms with van der Waals surface area (Å²) in [4.78, 5) is 24.5. The summed E-state index contributed by atoms with van der Waals surface area (Å²) < 4.78 is -0.627. The van der Waals surface area contributed by atoms with Gasteiger partial charge < -0.3 is 15.5 Å². The molecule has 0 fully saturated rings. The maximum Gasteiger partial charge on any atom is 0.269 e. The first-order valence-corrected chi connectivity index (χ1v) is 10.3. The average Bonchev–Trinajstić information content (AvgIpc) is 2.66. The van der Waals surface area contributed by atoms with Gasteiger partial charge in [-0.05, 0) is 75.5 Å². The summed E-state index contributed by atoms with van der Waals surface area (Å²) >= 11 is 9.69. The number of benzene rings is 2. The van der Waals surface area contributed by atoms with Crippen LogP contribution in [0.4, 0.5) is 5.69 Å². The number of alkyl halides is 1. The molecule has 0 saturated carbocycles. The summed E-state index contributed by atoms with van der Waals surface area (Å²) in [6, 6.07) is 9.49. The molecule has 0 aliphatic heterocycles. The van der Waals surface area contributed by atoms with E-state index in [0.717, 1.165) is 0 Å². The number of hydrogen-bond acceptors (Lipinski definition) is 6. The molecule has 0 radical (unpaired) electrons. The molecule has 0 unspecified atom stereocenters. The second-order valence-corrected chi connectivity index (χ2v) is 8.12. The maximum atomic E-state index is 12.4. The number of hydrogen-bond donors (Lipinski definition) is 5. The minimum Gasteiger partial charge on any atom is -0.508 e. The molecule has 8 nitrogen and oxygen atoms in total. The first kappa shape index (κ1) is 22.5. The van der Waals surface area contributed by atoms with Crippen molar-refractivity contribution in [3.8, 4) is 11.8 Å². The molecule has 146 valence electrons. The molecule has 0 bridgehead atoms.